The summed E-state index contributed by atoms with van der Waals surface area (Å²) in [5.41, 5.74) is 1.54. The predicted molar refractivity (Wildman–Crippen MR) is 85.3 cm³/mol. The average Bonchev–Trinajstić information content (AvgIpc) is 2.89. The molecule has 3 rings (SSSR count). The fourth-order valence-corrected chi connectivity index (χ4v) is 3.95. The van der Waals surface area contributed by atoms with Gasteiger partial charge < -0.3 is 5.32 Å². The minimum Gasteiger partial charge on any atom is -0.315 e. The van der Waals surface area contributed by atoms with Gasteiger partial charge in [-0.05, 0) is 37.6 Å². The highest BCUT2D eigenvalue weighted by Gasteiger charge is 2.24. The van der Waals surface area contributed by atoms with E-state index in [1.165, 1.54) is 0 Å². The molecule has 5 nitrogen and oxygen atoms in total. The van der Waals surface area contributed by atoms with E-state index in [0.717, 1.165) is 23.9 Å². The quantitative estimate of drug-likeness (QED) is 0.898. The topological polar surface area (TPSA) is 71.1 Å². The number of hydrogen-bond donors (Lipinski definition) is 2. The number of benzene rings is 1. The third-order valence-corrected chi connectivity index (χ3v) is 5.03. The molecule has 1 aromatic heterocycles. The van der Waals surface area contributed by atoms with Crippen LogP contribution >= 0.6 is 12.4 Å². The van der Waals surface area contributed by atoms with Crippen molar-refractivity contribution in [3.8, 4) is 0 Å². The van der Waals surface area contributed by atoms with Crippen LogP contribution in [0.2, 0.25) is 0 Å². The van der Waals surface area contributed by atoms with Gasteiger partial charge in [0.1, 0.15) is 4.90 Å². The van der Waals surface area contributed by atoms with Gasteiger partial charge in [-0.2, -0.15) is 0 Å². The number of halogens is 1. The minimum absolute atomic E-state index is 0. The normalized spacial score (nSPS) is 18.6. The van der Waals surface area contributed by atoms with Gasteiger partial charge >= 0.3 is 0 Å². The molecule has 0 saturated carbocycles. The first-order valence-corrected chi connectivity index (χ1v) is 8.13. The second kappa shape index (κ2) is 6.27. The Hall–Kier alpha value is -1.21. The smallest absolute Gasteiger partial charge is 0.243 e. The summed E-state index contributed by atoms with van der Waals surface area (Å²) in [6.07, 6.45) is 2.51. The SMILES string of the molecule is Cc1cnc2c(S(=O)(=O)NC3CCNC3)cccc2c1.Cl. The summed E-state index contributed by atoms with van der Waals surface area (Å²) >= 11 is 0. The highest BCUT2D eigenvalue weighted by atomic mass is 35.5. The van der Waals surface area contributed by atoms with Crippen molar-refractivity contribution in [1.82, 2.24) is 15.0 Å². The second-order valence-electron chi connectivity index (χ2n) is 5.15. The number of fused-ring (bicyclic) bond motifs is 1. The highest BCUT2D eigenvalue weighted by molar-refractivity contribution is 7.89. The summed E-state index contributed by atoms with van der Waals surface area (Å²) < 4.78 is 27.8. The molecule has 0 radical (unpaired) electrons. The van der Waals surface area contributed by atoms with Crippen LogP contribution in [-0.4, -0.2) is 32.5 Å². The summed E-state index contributed by atoms with van der Waals surface area (Å²) in [6.45, 7) is 3.47. The zero-order valence-corrected chi connectivity index (χ0v) is 13.3. The fraction of sp³-hybridized carbons (Fsp3) is 0.357. The van der Waals surface area contributed by atoms with Gasteiger partial charge in [0.2, 0.25) is 10.0 Å². The predicted octanol–water partition coefficient (Wildman–Crippen LogP) is 1.61. The third kappa shape index (κ3) is 3.35. The number of aromatic nitrogens is 1. The standard InChI is InChI=1S/C14H17N3O2S.ClH/c1-10-7-11-3-2-4-13(14(11)16-8-10)20(18,19)17-12-5-6-15-9-12;/h2-4,7-8,12,15,17H,5-6,9H2,1H3;1H. The Morgan fingerprint density at radius 3 is 2.90 bits per heavy atom. The number of nitrogens with zero attached hydrogens (tertiary/aromatic N) is 1. The van der Waals surface area contributed by atoms with Crippen molar-refractivity contribution in [3.05, 3.63) is 36.0 Å². The summed E-state index contributed by atoms with van der Waals surface area (Å²) in [7, 11) is -3.54. The Labute approximate surface area is 130 Å². The molecule has 2 N–H and O–H groups in total. The number of hydrogen-bond acceptors (Lipinski definition) is 4. The Bertz CT molecular complexity index is 743. The Morgan fingerprint density at radius 2 is 2.19 bits per heavy atom. The minimum atomic E-state index is -3.54. The van der Waals surface area contributed by atoms with Crippen LogP contribution in [0.15, 0.2) is 35.4 Å². The van der Waals surface area contributed by atoms with E-state index in [2.05, 4.69) is 15.0 Å². The highest BCUT2D eigenvalue weighted by Crippen LogP contribution is 2.22. The molecule has 2 aromatic rings. The van der Waals surface area contributed by atoms with Crippen molar-refractivity contribution in [3.63, 3.8) is 0 Å². The molecule has 1 aromatic carbocycles. The van der Waals surface area contributed by atoms with Gasteiger partial charge in [-0.25, -0.2) is 13.1 Å². The van der Waals surface area contributed by atoms with E-state index in [9.17, 15) is 8.42 Å². The molecule has 0 amide bonds. The first kappa shape index (κ1) is 16.2. The van der Waals surface area contributed by atoms with Crippen LogP contribution in [0, 0.1) is 6.92 Å². The fourth-order valence-electron chi connectivity index (χ4n) is 2.50. The lowest BCUT2D eigenvalue weighted by atomic mass is 10.2. The van der Waals surface area contributed by atoms with Crippen molar-refractivity contribution in [1.29, 1.82) is 0 Å². The van der Waals surface area contributed by atoms with E-state index < -0.39 is 10.0 Å². The molecule has 1 atom stereocenters. The van der Waals surface area contributed by atoms with Crippen molar-refractivity contribution < 1.29 is 8.42 Å². The number of rotatable bonds is 3. The van der Waals surface area contributed by atoms with Crippen molar-refractivity contribution in [2.24, 2.45) is 0 Å². The van der Waals surface area contributed by atoms with E-state index in [-0.39, 0.29) is 23.3 Å². The summed E-state index contributed by atoms with van der Waals surface area (Å²) in [5.74, 6) is 0. The Kier molecular flexibility index (Phi) is 4.83. The molecule has 0 aliphatic carbocycles. The molecule has 1 aliphatic rings. The number of nitrogens with one attached hydrogen (secondary N) is 2. The van der Waals surface area contributed by atoms with Crippen LogP contribution < -0.4 is 10.0 Å². The van der Waals surface area contributed by atoms with E-state index in [4.69, 9.17) is 0 Å². The maximum atomic E-state index is 12.5. The maximum absolute atomic E-state index is 12.5. The summed E-state index contributed by atoms with van der Waals surface area (Å²) in [6, 6.07) is 7.14. The first-order valence-electron chi connectivity index (χ1n) is 6.65. The number of sulfonamides is 1. The van der Waals surface area contributed by atoms with E-state index in [0.29, 0.717) is 12.1 Å². The molecule has 1 unspecified atom stereocenters. The van der Waals surface area contributed by atoms with Crippen molar-refractivity contribution in [2.45, 2.75) is 24.3 Å². The molecule has 0 spiro atoms. The van der Waals surface area contributed by atoms with Gasteiger partial charge in [0.25, 0.3) is 0 Å². The molecule has 21 heavy (non-hydrogen) atoms. The van der Waals surface area contributed by atoms with Gasteiger partial charge in [0.05, 0.1) is 5.52 Å². The summed E-state index contributed by atoms with van der Waals surface area (Å²) in [4.78, 5) is 4.54. The largest absolute Gasteiger partial charge is 0.315 e. The van der Waals surface area contributed by atoms with Gasteiger partial charge in [-0.15, -0.1) is 12.4 Å². The van der Waals surface area contributed by atoms with Crippen molar-refractivity contribution in [2.75, 3.05) is 13.1 Å². The van der Waals surface area contributed by atoms with Crippen molar-refractivity contribution >= 4 is 33.3 Å². The van der Waals surface area contributed by atoms with E-state index in [1.54, 1.807) is 18.3 Å². The zero-order chi connectivity index (χ0) is 14.2. The molecule has 0 bridgehead atoms. The Morgan fingerprint density at radius 1 is 1.38 bits per heavy atom. The van der Waals surface area contributed by atoms with Crippen LogP contribution in [0.25, 0.3) is 10.9 Å². The summed E-state index contributed by atoms with van der Waals surface area (Å²) in [5, 5.41) is 3.99. The molecule has 1 aliphatic heterocycles. The number of para-hydroxylation sites is 1. The molecule has 114 valence electrons. The van der Waals surface area contributed by atoms with Gasteiger partial charge in [0.15, 0.2) is 0 Å². The molecule has 1 saturated heterocycles. The van der Waals surface area contributed by atoms with Crippen LogP contribution in [0.5, 0.6) is 0 Å². The lowest BCUT2D eigenvalue weighted by Gasteiger charge is -2.13. The molecular formula is C14H18ClN3O2S. The van der Waals surface area contributed by atoms with Crippen LogP contribution in [-0.2, 0) is 10.0 Å². The second-order valence-corrected chi connectivity index (χ2v) is 6.83. The van der Waals surface area contributed by atoms with Gasteiger partial charge in [-0.3, -0.25) is 4.98 Å². The van der Waals surface area contributed by atoms with Gasteiger partial charge in [-0.1, -0.05) is 12.1 Å². The molecule has 7 heteroatoms. The lowest BCUT2D eigenvalue weighted by molar-refractivity contribution is 0.561. The molecule has 2 heterocycles. The van der Waals surface area contributed by atoms with E-state index in [1.807, 2.05) is 19.1 Å². The van der Waals surface area contributed by atoms with Crippen LogP contribution in [0.3, 0.4) is 0 Å². The zero-order valence-electron chi connectivity index (χ0n) is 11.7. The lowest BCUT2D eigenvalue weighted by Crippen LogP contribution is -2.36. The van der Waals surface area contributed by atoms with E-state index >= 15 is 0 Å². The van der Waals surface area contributed by atoms with Gasteiger partial charge in [0, 0.05) is 24.2 Å². The number of pyridine rings is 1. The molecular weight excluding hydrogens is 310 g/mol. The third-order valence-electron chi connectivity index (χ3n) is 3.48. The van der Waals surface area contributed by atoms with Crippen LogP contribution in [0.4, 0.5) is 0 Å². The monoisotopic (exact) mass is 327 g/mol. The first-order chi connectivity index (χ1) is 9.56. The average molecular weight is 328 g/mol. The Balaban J connectivity index is 0.00000161. The number of aryl methyl sites for hydroxylation is 1. The maximum Gasteiger partial charge on any atom is 0.243 e. The van der Waals surface area contributed by atoms with Crippen LogP contribution in [0.1, 0.15) is 12.0 Å². The molecule has 1 fully saturated rings.